The van der Waals surface area contributed by atoms with E-state index in [9.17, 15) is 9.59 Å². The fourth-order valence-corrected chi connectivity index (χ4v) is 6.17. The topological polar surface area (TPSA) is 92.3 Å². The van der Waals surface area contributed by atoms with Gasteiger partial charge in [0.2, 0.25) is 5.75 Å². The summed E-state index contributed by atoms with van der Waals surface area (Å²) in [6.07, 6.45) is 4.84. The van der Waals surface area contributed by atoms with Crippen molar-refractivity contribution >= 4 is 33.5 Å². The number of unbranched alkanes of at least 4 members (excludes halogenated alkanes) is 1. The Kier molecular flexibility index (Phi) is 12.5. The highest BCUT2D eigenvalue weighted by molar-refractivity contribution is 8.77. The van der Waals surface area contributed by atoms with Crippen LogP contribution >= 0.6 is 21.6 Å². The molecule has 10 heteroatoms. The standard InChI is InChI=1S/C22H33NO7S2/c1-26-18-14-16(15-19(27-2)21(18)28-3)22(25)23-9-10-29-11-12-30-20(24)7-5-4-6-17-8-13-31-32-17/h14-15,17H,4-13H2,1-3H3,(H,23,25). The average Bonchev–Trinajstić information content (AvgIpc) is 3.33. The molecule has 1 amide bonds. The van der Waals surface area contributed by atoms with Gasteiger partial charge in [-0.2, -0.15) is 0 Å². The number of benzene rings is 1. The molecule has 1 N–H and O–H groups in total. The van der Waals surface area contributed by atoms with E-state index >= 15 is 0 Å². The third-order valence-electron chi connectivity index (χ3n) is 4.83. The van der Waals surface area contributed by atoms with E-state index in [1.165, 1.54) is 39.9 Å². The Labute approximate surface area is 197 Å². The Morgan fingerprint density at radius 3 is 2.41 bits per heavy atom. The summed E-state index contributed by atoms with van der Waals surface area (Å²) >= 11 is 0. The summed E-state index contributed by atoms with van der Waals surface area (Å²) in [5.41, 5.74) is 0.388. The number of amides is 1. The molecule has 1 atom stereocenters. The number of methoxy groups -OCH3 is 3. The number of carbonyl (C=O) groups is 2. The molecule has 0 spiro atoms. The summed E-state index contributed by atoms with van der Waals surface area (Å²) in [6.45, 7) is 1.14. The first kappa shape index (κ1) is 26.5. The van der Waals surface area contributed by atoms with Crippen LogP contribution in [-0.2, 0) is 14.3 Å². The number of hydrogen-bond donors (Lipinski definition) is 1. The minimum absolute atomic E-state index is 0.183. The average molecular weight is 488 g/mol. The van der Waals surface area contributed by atoms with Gasteiger partial charge in [0, 0.05) is 29.5 Å². The second-order valence-electron chi connectivity index (χ2n) is 7.08. The van der Waals surface area contributed by atoms with Crippen LogP contribution in [0.5, 0.6) is 17.2 Å². The lowest BCUT2D eigenvalue weighted by Crippen LogP contribution is -2.27. The molecule has 1 unspecified atom stereocenters. The van der Waals surface area contributed by atoms with Gasteiger partial charge in [0.15, 0.2) is 11.5 Å². The van der Waals surface area contributed by atoms with Gasteiger partial charge in [-0.1, -0.05) is 28.0 Å². The zero-order chi connectivity index (χ0) is 23.2. The van der Waals surface area contributed by atoms with Crippen molar-refractivity contribution in [2.45, 2.75) is 37.4 Å². The smallest absolute Gasteiger partial charge is 0.305 e. The molecule has 32 heavy (non-hydrogen) atoms. The molecule has 0 bridgehead atoms. The molecule has 0 aliphatic carbocycles. The Morgan fingerprint density at radius 1 is 1.03 bits per heavy atom. The zero-order valence-electron chi connectivity index (χ0n) is 19.0. The van der Waals surface area contributed by atoms with Gasteiger partial charge in [-0.3, -0.25) is 9.59 Å². The Morgan fingerprint density at radius 2 is 1.78 bits per heavy atom. The van der Waals surface area contributed by atoms with Crippen LogP contribution in [0.3, 0.4) is 0 Å². The van der Waals surface area contributed by atoms with Crippen LogP contribution in [0, 0.1) is 0 Å². The lowest BCUT2D eigenvalue weighted by Gasteiger charge is -2.14. The summed E-state index contributed by atoms with van der Waals surface area (Å²) in [5, 5.41) is 3.52. The maximum absolute atomic E-state index is 12.4. The monoisotopic (exact) mass is 487 g/mol. The van der Waals surface area contributed by atoms with Crippen molar-refractivity contribution < 1.29 is 33.3 Å². The number of ether oxygens (including phenoxy) is 5. The molecule has 1 saturated heterocycles. The summed E-state index contributed by atoms with van der Waals surface area (Å²) in [5.74, 6) is 2.02. The van der Waals surface area contributed by atoms with Crippen LogP contribution in [0.15, 0.2) is 12.1 Å². The quantitative estimate of drug-likeness (QED) is 0.226. The van der Waals surface area contributed by atoms with Crippen molar-refractivity contribution in [1.82, 2.24) is 5.32 Å². The molecule has 0 aromatic heterocycles. The number of hydrogen-bond acceptors (Lipinski definition) is 9. The Hall–Kier alpha value is -1.78. The van der Waals surface area contributed by atoms with Crippen molar-refractivity contribution in [3.63, 3.8) is 0 Å². The molecule has 8 nitrogen and oxygen atoms in total. The van der Waals surface area contributed by atoms with Gasteiger partial charge in [-0.05, 0) is 31.4 Å². The normalized spacial score (nSPS) is 15.3. The third kappa shape index (κ3) is 8.99. The molecule has 180 valence electrons. The van der Waals surface area contributed by atoms with Gasteiger partial charge in [-0.15, -0.1) is 0 Å². The largest absolute Gasteiger partial charge is 0.493 e. The maximum Gasteiger partial charge on any atom is 0.305 e. The van der Waals surface area contributed by atoms with Gasteiger partial charge in [0.1, 0.15) is 6.61 Å². The molecule has 1 aliphatic rings. The van der Waals surface area contributed by atoms with Crippen LogP contribution in [0.1, 0.15) is 42.5 Å². The van der Waals surface area contributed by atoms with E-state index < -0.39 is 0 Å². The molecule has 1 aliphatic heterocycles. The highest BCUT2D eigenvalue weighted by Crippen LogP contribution is 2.40. The van der Waals surface area contributed by atoms with Gasteiger partial charge < -0.3 is 29.0 Å². The fourth-order valence-electron chi connectivity index (χ4n) is 3.15. The molecule has 2 rings (SSSR count). The maximum atomic E-state index is 12.4. The van der Waals surface area contributed by atoms with Crippen LogP contribution < -0.4 is 19.5 Å². The molecule has 0 saturated carbocycles. The third-order valence-corrected chi connectivity index (χ3v) is 7.84. The van der Waals surface area contributed by atoms with E-state index in [2.05, 4.69) is 5.32 Å². The van der Waals surface area contributed by atoms with E-state index in [1.54, 1.807) is 12.1 Å². The molecule has 1 aromatic rings. The molecule has 0 radical (unpaired) electrons. The first-order valence-electron chi connectivity index (χ1n) is 10.7. The van der Waals surface area contributed by atoms with Crippen molar-refractivity contribution in [3.8, 4) is 17.2 Å². The lowest BCUT2D eigenvalue weighted by molar-refractivity contribution is -0.145. The first-order chi connectivity index (χ1) is 15.6. The predicted molar refractivity (Wildman–Crippen MR) is 127 cm³/mol. The van der Waals surface area contributed by atoms with E-state index in [0.717, 1.165) is 18.1 Å². The van der Waals surface area contributed by atoms with E-state index in [4.69, 9.17) is 23.7 Å². The fraction of sp³-hybridized carbons (Fsp3) is 0.636. The molecular weight excluding hydrogens is 454 g/mol. The SMILES string of the molecule is COc1cc(C(=O)NCCOCCOC(=O)CCCCC2CCSS2)cc(OC)c1OC. The summed E-state index contributed by atoms with van der Waals surface area (Å²) in [7, 11) is 8.41. The Bertz CT molecular complexity index is 701. The first-order valence-corrected chi connectivity index (χ1v) is 13.1. The molecule has 1 aromatic carbocycles. The highest BCUT2D eigenvalue weighted by atomic mass is 33.1. The lowest BCUT2D eigenvalue weighted by atomic mass is 10.1. The van der Waals surface area contributed by atoms with Crippen LogP contribution in [0.25, 0.3) is 0 Å². The molecule has 1 heterocycles. The second-order valence-corrected chi connectivity index (χ2v) is 9.86. The summed E-state index contributed by atoms with van der Waals surface area (Å²) < 4.78 is 26.4. The van der Waals surface area contributed by atoms with E-state index in [0.29, 0.717) is 49.0 Å². The van der Waals surface area contributed by atoms with Crippen molar-refractivity contribution in [2.24, 2.45) is 0 Å². The summed E-state index contributed by atoms with van der Waals surface area (Å²) in [4.78, 5) is 24.1. The molecule has 1 fully saturated rings. The van der Waals surface area contributed by atoms with Gasteiger partial charge >= 0.3 is 5.97 Å². The van der Waals surface area contributed by atoms with Crippen LogP contribution in [0.2, 0.25) is 0 Å². The number of esters is 1. The van der Waals surface area contributed by atoms with Gasteiger partial charge in [-0.25, -0.2) is 0 Å². The minimum Gasteiger partial charge on any atom is -0.493 e. The second kappa shape index (κ2) is 15.1. The predicted octanol–water partition coefficient (Wildman–Crippen LogP) is 3.72. The van der Waals surface area contributed by atoms with E-state index in [-0.39, 0.29) is 18.5 Å². The number of carbonyl (C=O) groups excluding carboxylic acids is 2. The van der Waals surface area contributed by atoms with Crippen LogP contribution in [0.4, 0.5) is 0 Å². The minimum atomic E-state index is -0.283. The number of rotatable bonds is 15. The number of nitrogens with one attached hydrogen (secondary N) is 1. The van der Waals surface area contributed by atoms with Crippen molar-refractivity contribution in [3.05, 3.63) is 17.7 Å². The zero-order valence-corrected chi connectivity index (χ0v) is 20.6. The summed E-state index contributed by atoms with van der Waals surface area (Å²) in [6, 6.07) is 3.17. The Balaban J connectivity index is 1.55. The van der Waals surface area contributed by atoms with Crippen molar-refractivity contribution in [1.29, 1.82) is 0 Å². The highest BCUT2D eigenvalue weighted by Gasteiger charge is 2.17. The molecular formula is C22H33NO7S2. The van der Waals surface area contributed by atoms with Gasteiger partial charge in [0.25, 0.3) is 5.91 Å². The van der Waals surface area contributed by atoms with E-state index in [1.807, 2.05) is 21.6 Å². The van der Waals surface area contributed by atoms with Crippen molar-refractivity contribution in [2.75, 3.05) is 53.4 Å². The van der Waals surface area contributed by atoms with Crippen LogP contribution in [-0.4, -0.2) is 70.6 Å². The van der Waals surface area contributed by atoms with Gasteiger partial charge in [0.05, 0.1) is 34.5 Å².